The number of hydrogen-bond acceptors (Lipinski definition) is 2. The van der Waals surface area contributed by atoms with Crippen LogP contribution in [0, 0.1) is 29.6 Å². The molecule has 3 aliphatic rings. The SMILES string of the molecule is CCCCCC1CCC(C2CCC(C3=NCC(CCCCC)CO3)CC2)CC1. The van der Waals surface area contributed by atoms with E-state index < -0.39 is 0 Å². The number of aliphatic imine (C=N–C) groups is 1. The van der Waals surface area contributed by atoms with Gasteiger partial charge in [0.05, 0.1) is 6.61 Å². The van der Waals surface area contributed by atoms with Gasteiger partial charge in [0.15, 0.2) is 5.90 Å². The maximum atomic E-state index is 6.15. The zero-order valence-electron chi connectivity index (χ0n) is 19.0. The second-order valence-corrected chi connectivity index (χ2v) is 10.2. The van der Waals surface area contributed by atoms with Crippen LogP contribution in [0.15, 0.2) is 4.99 Å². The normalized spacial score (nSPS) is 33.9. The first-order valence-corrected chi connectivity index (χ1v) is 13.0. The van der Waals surface area contributed by atoms with Crippen LogP contribution in [0.4, 0.5) is 0 Å². The Bertz CT molecular complexity index is 443. The monoisotopic (exact) mass is 389 g/mol. The van der Waals surface area contributed by atoms with Crippen LogP contribution < -0.4 is 0 Å². The van der Waals surface area contributed by atoms with Gasteiger partial charge in [0.2, 0.25) is 0 Å². The van der Waals surface area contributed by atoms with E-state index in [1.54, 1.807) is 0 Å². The largest absolute Gasteiger partial charge is 0.480 e. The summed E-state index contributed by atoms with van der Waals surface area (Å²) in [6.07, 6.45) is 22.7. The molecular formula is C26H47NO. The van der Waals surface area contributed by atoms with Gasteiger partial charge in [-0.3, -0.25) is 4.99 Å². The molecule has 0 spiro atoms. The van der Waals surface area contributed by atoms with Crippen LogP contribution in [0.25, 0.3) is 0 Å². The summed E-state index contributed by atoms with van der Waals surface area (Å²) < 4.78 is 6.15. The summed E-state index contributed by atoms with van der Waals surface area (Å²) in [5.74, 6) is 5.52. The van der Waals surface area contributed by atoms with Crippen molar-refractivity contribution in [2.24, 2.45) is 34.6 Å². The Balaban J connectivity index is 1.33. The summed E-state index contributed by atoms with van der Waals surface area (Å²) in [7, 11) is 0. The molecule has 2 heteroatoms. The Morgan fingerprint density at radius 2 is 1.29 bits per heavy atom. The van der Waals surface area contributed by atoms with E-state index in [0.717, 1.165) is 36.8 Å². The summed E-state index contributed by atoms with van der Waals surface area (Å²) >= 11 is 0. The van der Waals surface area contributed by atoms with Gasteiger partial charge in [-0.2, -0.15) is 0 Å². The molecule has 0 aromatic carbocycles. The molecule has 2 nitrogen and oxygen atoms in total. The summed E-state index contributed by atoms with van der Waals surface area (Å²) in [4.78, 5) is 4.89. The fraction of sp³-hybridized carbons (Fsp3) is 0.962. The maximum absolute atomic E-state index is 6.15. The minimum absolute atomic E-state index is 0.637. The third-order valence-corrected chi connectivity index (χ3v) is 8.08. The highest BCUT2D eigenvalue weighted by Crippen LogP contribution is 2.42. The summed E-state index contributed by atoms with van der Waals surface area (Å²) in [6, 6.07) is 0. The van der Waals surface area contributed by atoms with E-state index in [1.165, 1.54) is 103 Å². The van der Waals surface area contributed by atoms with Gasteiger partial charge in [-0.05, 0) is 62.7 Å². The summed E-state index contributed by atoms with van der Waals surface area (Å²) in [5, 5.41) is 0. The number of nitrogens with zero attached hydrogens (tertiary/aromatic N) is 1. The third kappa shape index (κ3) is 6.77. The van der Waals surface area contributed by atoms with E-state index >= 15 is 0 Å². The molecule has 0 aromatic rings. The first-order chi connectivity index (χ1) is 13.8. The predicted octanol–water partition coefficient (Wildman–Crippen LogP) is 7.80. The molecule has 1 aliphatic heterocycles. The minimum atomic E-state index is 0.637. The van der Waals surface area contributed by atoms with Crippen LogP contribution >= 0.6 is 0 Å². The molecule has 2 fully saturated rings. The van der Waals surface area contributed by atoms with Crippen molar-refractivity contribution in [3.8, 4) is 0 Å². The molecule has 28 heavy (non-hydrogen) atoms. The Morgan fingerprint density at radius 1 is 0.714 bits per heavy atom. The maximum Gasteiger partial charge on any atom is 0.186 e. The van der Waals surface area contributed by atoms with E-state index in [1.807, 2.05) is 0 Å². The smallest absolute Gasteiger partial charge is 0.186 e. The van der Waals surface area contributed by atoms with Crippen LogP contribution in [0.2, 0.25) is 0 Å². The van der Waals surface area contributed by atoms with Gasteiger partial charge in [-0.15, -0.1) is 0 Å². The van der Waals surface area contributed by atoms with E-state index in [4.69, 9.17) is 9.73 Å². The molecule has 0 amide bonds. The molecule has 2 saturated carbocycles. The van der Waals surface area contributed by atoms with E-state index in [9.17, 15) is 0 Å². The minimum Gasteiger partial charge on any atom is -0.480 e. The molecule has 0 N–H and O–H groups in total. The number of rotatable bonds is 10. The van der Waals surface area contributed by atoms with Crippen molar-refractivity contribution in [1.82, 2.24) is 0 Å². The number of hydrogen-bond donors (Lipinski definition) is 0. The van der Waals surface area contributed by atoms with Crippen molar-refractivity contribution in [1.29, 1.82) is 0 Å². The highest BCUT2D eigenvalue weighted by atomic mass is 16.5. The van der Waals surface area contributed by atoms with Crippen LogP contribution in [0.1, 0.15) is 117 Å². The van der Waals surface area contributed by atoms with Crippen molar-refractivity contribution >= 4 is 5.90 Å². The van der Waals surface area contributed by atoms with Gasteiger partial charge in [-0.1, -0.05) is 71.6 Å². The van der Waals surface area contributed by atoms with Crippen LogP contribution in [-0.2, 0) is 4.74 Å². The molecule has 1 unspecified atom stereocenters. The van der Waals surface area contributed by atoms with E-state index in [0.29, 0.717) is 11.8 Å². The Morgan fingerprint density at radius 3 is 1.82 bits per heavy atom. The number of unbranched alkanes of at least 4 members (excludes halogenated alkanes) is 4. The highest BCUT2D eigenvalue weighted by molar-refractivity contribution is 5.79. The highest BCUT2D eigenvalue weighted by Gasteiger charge is 2.33. The molecule has 1 atom stereocenters. The van der Waals surface area contributed by atoms with E-state index in [-0.39, 0.29) is 0 Å². The quantitative estimate of drug-likeness (QED) is 0.349. The summed E-state index contributed by atoms with van der Waals surface area (Å²) in [5.41, 5.74) is 0. The van der Waals surface area contributed by atoms with Gasteiger partial charge >= 0.3 is 0 Å². The lowest BCUT2D eigenvalue weighted by atomic mass is 9.68. The third-order valence-electron chi connectivity index (χ3n) is 8.08. The Labute approximate surface area is 175 Å². The van der Waals surface area contributed by atoms with Crippen LogP contribution in [0.5, 0.6) is 0 Å². The predicted molar refractivity (Wildman–Crippen MR) is 121 cm³/mol. The average Bonchev–Trinajstić information content (AvgIpc) is 2.75. The van der Waals surface area contributed by atoms with Crippen molar-refractivity contribution in [3.63, 3.8) is 0 Å². The molecule has 3 rings (SSSR count). The first-order valence-electron chi connectivity index (χ1n) is 13.0. The van der Waals surface area contributed by atoms with Gasteiger partial charge < -0.3 is 4.74 Å². The van der Waals surface area contributed by atoms with Gasteiger partial charge in [0.1, 0.15) is 0 Å². The van der Waals surface area contributed by atoms with Crippen molar-refractivity contribution in [3.05, 3.63) is 0 Å². The topological polar surface area (TPSA) is 21.6 Å². The van der Waals surface area contributed by atoms with Gasteiger partial charge in [0.25, 0.3) is 0 Å². The van der Waals surface area contributed by atoms with E-state index in [2.05, 4.69) is 13.8 Å². The second-order valence-electron chi connectivity index (χ2n) is 10.2. The Hall–Kier alpha value is -0.530. The van der Waals surface area contributed by atoms with Crippen molar-refractivity contribution in [2.45, 2.75) is 117 Å². The molecule has 0 bridgehead atoms. The zero-order valence-corrected chi connectivity index (χ0v) is 19.0. The van der Waals surface area contributed by atoms with Crippen LogP contribution in [-0.4, -0.2) is 19.0 Å². The molecule has 1 heterocycles. The zero-order chi connectivity index (χ0) is 19.6. The fourth-order valence-corrected chi connectivity index (χ4v) is 6.09. The molecular weight excluding hydrogens is 342 g/mol. The second kappa shape index (κ2) is 12.2. The van der Waals surface area contributed by atoms with Gasteiger partial charge in [-0.25, -0.2) is 0 Å². The molecule has 0 saturated heterocycles. The molecule has 162 valence electrons. The molecule has 2 aliphatic carbocycles. The molecule has 0 radical (unpaired) electrons. The van der Waals surface area contributed by atoms with Crippen molar-refractivity contribution in [2.75, 3.05) is 13.2 Å². The fourth-order valence-electron chi connectivity index (χ4n) is 6.09. The first kappa shape index (κ1) is 22.2. The lowest BCUT2D eigenvalue weighted by Gasteiger charge is -2.38. The summed E-state index contributed by atoms with van der Waals surface area (Å²) in [6.45, 7) is 6.57. The Kier molecular flexibility index (Phi) is 9.68. The molecule has 0 aromatic heterocycles. The van der Waals surface area contributed by atoms with Gasteiger partial charge in [0, 0.05) is 18.4 Å². The standard InChI is InChI=1S/C26H47NO/c1-3-5-7-9-21-11-13-23(14-12-21)24-15-17-25(18-16-24)26-27-19-22(20-28-26)10-8-6-4-2/h21-25H,3-20H2,1-2H3. The van der Waals surface area contributed by atoms with Crippen molar-refractivity contribution < 1.29 is 4.74 Å². The van der Waals surface area contributed by atoms with Crippen LogP contribution in [0.3, 0.4) is 0 Å². The number of ether oxygens (including phenoxy) is 1. The lowest BCUT2D eigenvalue weighted by Crippen LogP contribution is -2.32. The average molecular weight is 390 g/mol. The lowest BCUT2D eigenvalue weighted by molar-refractivity contribution is 0.139.